The van der Waals surface area contributed by atoms with Gasteiger partial charge in [-0.2, -0.15) is 0 Å². The third-order valence-corrected chi connectivity index (χ3v) is 6.65. The SMILES string of the molecule is C.CC(C)OC1CCC(O)CC1.CC(C)OC1CCC(O)CC1.CCOC(C)OC1CCC(O)CC1. The second-order valence-electron chi connectivity index (χ2n) is 10.8. The highest BCUT2D eigenvalue weighted by atomic mass is 16.7. The molecule has 0 aromatic heterocycles. The van der Waals surface area contributed by atoms with E-state index in [1.807, 2.05) is 13.8 Å². The van der Waals surface area contributed by atoms with Gasteiger partial charge >= 0.3 is 0 Å². The van der Waals surface area contributed by atoms with Crippen molar-refractivity contribution < 1.29 is 34.3 Å². The molecule has 7 heteroatoms. The van der Waals surface area contributed by atoms with Crippen LogP contribution in [-0.4, -0.2) is 77.0 Å². The van der Waals surface area contributed by atoms with Crippen LogP contribution in [0.5, 0.6) is 0 Å². The molecule has 0 amide bonds. The van der Waals surface area contributed by atoms with Crippen LogP contribution in [0.3, 0.4) is 0 Å². The van der Waals surface area contributed by atoms with Crippen LogP contribution in [0.25, 0.3) is 0 Å². The van der Waals surface area contributed by atoms with Crippen LogP contribution in [0.15, 0.2) is 0 Å². The van der Waals surface area contributed by atoms with Gasteiger partial charge in [0.1, 0.15) is 0 Å². The Morgan fingerprint density at radius 3 is 1.06 bits per heavy atom. The molecular formula is C29H60O7. The molecule has 0 spiro atoms. The Morgan fingerprint density at radius 1 is 0.528 bits per heavy atom. The molecule has 0 heterocycles. The van der Waals surface area contributed by atoms with Crippen LogP contribution >= 0.6 is 0 Å². The third-order valence-electron chi connectivity index (χ3n) is 6.65. The van der Waals surface area contributed by atoms with E-state index in [0.29, 0.717) is 31.0 Å². The molecule has 3 rings (SSSR count). The van der Waals surface area contributed by atoms with E-state index in [0.717, 1.165) is 77.0 Å². The van der Waals surface area contributed by atoms with E-state index < -0.39 is 0 Å². The van der Waals surface area contributed by atoms with Crippen LogP contribution in [0, 0.1) is 0 Å². The summed E-state index contributed by atoms with van der Waals surface area (Å²) >= 11 is 0. The van der Waals surface area contributed by atoms with Gasteiger partial charge in [0.15, 0.2) is 6.29 Å². The molecule has 0 saturated heterocycles. The first-order valence-corrected chi connectivity index (χ1v) is 14.2. The maximum absolute atomic E-state index is 9.28. The second kappa shape index (κ2) is 20.7. The zero-order valence-electron chi connectivity index (χ0n) is 23.4. The largest absolute Gasteiger partial charge is 0.393 e. The fourth-order valence-corrected chi connectivity index (χ4v) is 4.86. The third kappa shape index (κ3) is 18.1. The van der Waals surface area contributed by atoms with Crippen molar-refractivity contribution in [1.82, 2.24) is 0 Å². The lowest BCUT2D eigenvalue weighted by Crippen LogP contribution is -2.28. The van der Waals surface area contributed by atoms with Gasteiger partial charge in [0.25, 0.3) is 0 Å². The highest BCUT2D eigenvalue weighted by Crippen LogP contribution is 2.23. The summed E-state index contributed by atoms with van der Waals surface area (Å²) < 4.78 is 22.2. The van der Waals surface area contributed by atoms with Crippen molar-refractivity contribution in [3.8, 4) is 0 Å². The Bertz CT molecular complexity index is 450. The Labute approximate surface area is 222 Å². The molecule has 3 aliphatic carbocycles. The molecule has 0 aliphatic heterocycles. The van der Waals surface area contributed by atoms with Gasteiger partial charge < -0.3 is 34.3 Å². The van der Waals surface area contributed by atoms with Gasteiger partial charge in [-0.25, -0.2) is 0 Å². The Balaban J connectivity index is 0.000000506. The summed E-state index contributed by atoms with van der Waals surface area (Å²) in [5.74, 6) is 0. The molecule has 218 valence electrons. The molecule has 3 saturated carbocycles. The summed E-state index contributed by atoms with van der Waals surface area (Å²) in [6, 6.07) is 0. The number of aliphatic hydroxyl groups is 3. The van der Waals surface area contributed by atoms with E-state index in [1.165, 1.54) is 0 Å². The average Bonchev–Trinajstić information content (AvgIpc) is 2.79. The average molecular weight is 521 g/mol. The van der Waals surface area contributed by atoms with Gasteiger partial charge in [-0.3, -0.25) is 0 Å². The molecule has 3 N–H and O–H groups in total. The Morgan fingerprint density at radius 2 is 0.806 bits per heavy atom. The first-order valence-electron chi connectivity index (χ1n) is 14.2. The first-order chi connectivity index (χ1) is 16.6. The zero-order chi connectivity index (χ0) is 26.2. The van der Waals surface area contributed by atoms with E-state index in [1.54, 1.807) is 0 Å². The molecule has 36 heavy (non-hydrogen) atoms. The molecule has 0 bridgehead atoms. The number of hydrogen-bond donors (Lipinski definition) is 3. The van der Waals surface area contributed by atoms with E-state index >= 15 is 0 Å². The molecule has 0 radical (unpaired) electrons. The Kier molecular flexibility index (Phi) is 20.5. The molecule has 0 aromatic carbocycles. The maximum Gasteiger partial charge on any atom is 0.155 e. The summed E-state index contributed by atoms with van der Waals surface area (Å²) in [6.45, 7) is 12.8. The number of ether oxygens (including phenoxy) is 4. The van der Waals surface area contributed by atoms with Crippen molar-refractivity contribution in [2.75, 3.05) is 6.61 Å². The molecule has 1 unspecified atom stereocenters. The van der Waals surface area contributed by atoms with E-state index in [4.69, 9.17) is 18.9 Å². The lowest BCUT2D eigenvalue weighted by Gasteiger charge is -2.27. The van der Waals surface area contributed by atoms with Crippen LogP contribution < -0.4 is 0 Å². The summed E-state index contributed by atoms with van der Waals surface area (Å²) in [5.41, 5.74) is 0. The fourth-order valence-electron chi connectivity index (χ4n) is 4.86. The van der Waals surface area contributed by atoms with Gasteiger partial charge in [0.05, 0.1) is 48.8 Å². The van der Waals surface area contributed by atoms with Crippen molar-refractivity contribution in [2.45, 2.75) is 181 Å². The molecule has 3 aliphatic rings. The van der Waals surface area contributed by atoms with Crippen LogP contribution in [0.4, 0.5) is 0 Å². The van der Waals surface area contributed by atoms with Crippen molar-refractivity contribution >= 4 is 0 Å². The highest BCUT2D eigenvalue weighted by molar-refractivity contribution is 4.73. The Hall–Kier alpha value is -0.280. The van der Waals surface area contributed by atoms with Crippen molar-refractivity contribution in [1.29, 1.82) is 0 Å². The second-order valence-corrected chi connectivity index (χ2v) is 10.8. The van der Waals surface area contributed by atoms with E-state index in [-0.39, 0.29) is 38.1 Å². The normalized spacial score (nSPS) is 31.4. The number of rotatable bonds is 8. The molecule has 7 nitrogen and oxygen atoms in total. The quantitative estimate of drug-likeness (QED) is 0.350. The summed E-state index contributed by atoms with van der Waals surface area (Å²) in [6.07, 6.45) is 12.8. The topological polar surface area (TPSA) is 97.6 Å². The first kappa shape index (κ1) is 35.7. The van der Waals surface area contributed by atoms with Gasteiger partial charge in [0.2, 0.25) is 0 Å². The minimum absolute atomic E-state index is 0. The predicted octanol–water partition coefficient (Wildman–Crippen LogP) is 5.75. The van der Waals surface area contributed by atoms with Crippen LogP contribution in [-0.2, 0) is 18.9 Å². The van der Waals surface area contributed by atoms with Gasteiger partial charge in [-0.1, -0.05) is 7.43 Å². The highest BCUT2D eigenvalue weighted by Gasteiger charge is 2.22. The van der Waals surface area contributed by atoms with Crippen molar-refractivity contribution in [2.24, 2.45) is 0 Å². The van der Waals surface area contributed by atoms with Gasteiger partial charge in [0, 0.05) is 6.61 Å². The smallest absolute Gasteiger partial charge is 0.155 e. The van der Waals surface area contributed by atoms with E-state index in [2.05, 4.69) is 27.7 Å². The standard InChI is InChI=1S/C10H20O3.2C9H18O2.CH4/c1-3-12-8(2)13-10-6-4-9(11)5-7-10;2*1-7(2)11-9-5-3-8(10)4-6-9;/h8-11H,3-7H2,1-2H3;2*7-10H,3-6H2,1-2H3;1H4. The van der Waals surface area contributed by atoms with Gasteiger partial charge in [-0.15, -0.1) is 0 Å². The van der Waals surface area contributed by atoms with E-state index in [9.17, 15) is 15.3 Å². The number of aliphatic hydroxyl groups excluding tert-OH is 3. The minimum Gasteiger partial charge on any atom is -0.393 e. The van der Waals surface area contributed by atoms with Crippen LogP contribution in [0.1, 0.15) is 126 Å². The lowest BCUT2D eigenvalue weighted by atomic mass is 9.95. The predicted molar refractivity (Wildman–Crippen MR) is 146 cm³/mol. The summed E-state index contributed by atoms with van der Waals surface area (Å²) in [7, 11) is 0. The summed E-state index contributed by atoms with van der Waals surface area (Å²) in [4.78, 5) is 0. The molecular weight excluding hydrogens is 460 g/mol. The molecule has 1 atom stereocenters. The van der Waals surface area contributed by atoms with Crippen LogP contribution in [0.2, 0.25) is 0 Å². The minimum atomic E-state index is -0.109. The lowest BCUT2D eigenvalue weighted by molar-refractivity contribution is -0.167. The zero-order valence-corrected chi connectivity index (χ0v) is 23.4. The molecule has 3 fully saturated rings. The molecule has 0 aromatic rings. The monoisotopic (exact) mass is 520 g/mol. The van der Waals surface area contributed by atoms with Gasteiger partial charge in [-0.05, 0) is 119 Å². The summed E-state index contributed by atoms with van der Waals surface area (Å²) in [5, 5.41) is 27.7. The number of hydrogen-bond acceptors (Lipinski definition) is 7. The van der Waals surface area contributed by atoms with Crippen molar-refractivity contribution in [3.05, 3.63) is 0 Å². The maximum atomic E-state index is 9.28. The fraction of sp³-hybridized carbons (Fsp3) is 1.00. The van der Waals surface area contributed by atoms with Crippen molar-refractivity contribution in [3.63, 3.8) is 0 Å².